The third kappa shape index (κ3) is 2.95. The van der Waals surface area contributed by atoms with Crippen molar-refractivity contribution in [1.29, 1.82) is 0 Å². The molecular formula is C12H18OS. The molecule has 0 bridgehead atoms. The lowest BCUT2D eigenvalue weighted by Gasteiger charge is -2.11. The Morgan fingerprint density at radius 3 is 2.79 bits per heavy atom. The number of carbonyl (C=O) groups excluding carboxylic acids is 1. The van der Waals surface area contributed by atoms with Crippen molar-refractivity contribution in [1.82, 2.24) is 0 Å². The lowest BCUT2D eigenvalue weighted by atomic mass is 9.92. The highest BCUT2D eigenvalue weighted by Gasteiger charge is 2.17. The van der Waals surface area contributed by atoms with Gasteiger partial charge >= 0.3 is 0 Å². The molecule has 0 radical (unpaired) electrons. The van der Waals surface area contributed by atoms with Gasteiger partial charge in [-0.05, 0) is 24.3 Å². The Kier molecular flexibility index (Phi) is 4.88. The van der Waals surface area contributed by atoms with Crippen molar-refractivity contribution in [2.24, 2.45) is 5.92 Å². The first kappa shape index (κ1) is 11.4. The maximum atomic E-state index is 11.9. The van der Waals surface area contributed by atoms with Crippen LogP contribution in [-0.4, -0.2) is 5.78 Å². The van der Waals surface area contributed by atoms with Crippen LogP contribution in [0.5, 0.6) is 0 Å². The second-order valence-corrected chi connectivity index (χ2v) is 4.40. The van der Waals surface area contributed by atoms with Gasteiger partial charge in [-0.25, -0.2) is 0 Å². The Balaban J connectivity index is 2.56. The van der Waals surface area contributed by atoms with Crippen LogP contribution in [0.3, 0.4) is 0 Å². The van der Waals surface area contributed by atoms with Crippen molar-refractivity contribution in [2.75, 3.05) is 0 Å². The molecule has 78 valence electrons. The zero-order valence-corrected chi connectivity index (χ0v) is 9.77. The monoisotopic (exact) mass is 210 g/mol. The first-order chi connectivity index (χ1) is 6.79. The zero-order chi connectivity index (χ0) is 10.4. The van der Waals surface area contributed by atoms with Gasteiger partial charge in [-0.3, -0.25) is 4.79 Å². The van der Waals surface area contributed by atoms with Crippen molar-refractivity contribution >= 4 is 17.1 Å². The topological polar surface area (TPSA) is 17.1 Å². The van der Waals surface area contributed by atoms with Crippen LogP contribution in [0.4, 0.5) is 0 Å². The SMILES string of the molecule is CCCCC(CC)C(=O)c1ccsc1. The summed E-state index contributed by atoms with van der Waals surface area (Å²) < 4.78 is 0. The number of hydrogen-bond acceptors (Lipinski definition) is 2. The fraction of sp³-hybridized carbons (Fsp3) is 0.583. The molecule has 0 aliphatic carbocycles. The van der Waals surface area contributed by atoms with E-state index in [0.29, 0.717) is 5.78 Å². The smallest absolute Gasteiger partial charge is 0.166 e. The predicted molar refractivity (Wildman–Crippen MR) is 62.0 cm³/mol. The quantitative estimate of drug-likeness (QED) is 0.645. The van der Waals surface area contributed by atoms with Crippen LogP contribution in [0.1, 0.15) is 49.9 Å². The molecule has 0 aliphatic heterocycles. The largest absolute Gasteiger partial charge is 0.294 e. The molecule has 0 aromatic carbocycles. The Hall–Kier alpha value is -0.630. The number of thiophene rings is 1. The summed E-state index contributed by atoms with van der Waals surface area (Å²) in [7, 11) is 0. The summed E-state index contributed by atoms with van der Waals surface area (Å²) in [5.74, 6) is 0.576. The first-order valence-corrected chi connectivity index (χ1v) is 6.30. The molecule has 0 N–H and O–H groups in total. The van der Waals surface area contributed by atoms with Gasteiger partial charge in [0, 0.05) is 16.9 Å². The summed E-state index contributed by atoms with van der Waals surface area (Å²) in [6.45, 7) is 4.27. The highest BCUT2D eigenvalue weighted by Crippen LogP contribution is 2.19. The molecule has 1 aromatic heterocycles. The van der Waals surface area contributed by atoms with E-state index in [1.54, 1.807) is 11.3 Å². The van der Waals surface area contributed by atoms with Crippen LogP contribution in [0.25, 0.3) is 0 Å². The molecule has 2 heteroatoms. The Bertz CT molecular complexity index is 264. The maximum absolute atomic E-state index is 11.9. The van der Waals surface area contributed by atoms with E-state index in [0.717, 1.165) is 24.8 Å². The molecule has 0 saturated heterocycles. The van der Waals surface area contributed by atoms with Crippen LogP contribution in [0.2, 0.25) is 0 Å². The number of rotatable bonds is 6. The van der Waals surface area contributed by atoms with Crippen molar-refractivity contribution in [3.8, 4) is 0 Å². The normalized spacial score (nSPS) is 12.7. The van der Waals surface area contributed by atoms with Crippen LogP contribution >= 0.6 is 11.3 Å². The van der Waals surface area contributed by atoms with Crippen LogP contribution < -0.4 is 0 Å². The summed E-state index contributed by atoms with van der Waals surface area (Å²) in [6, 6.07) is 1.93. The molecule has 1 atom stereocenters. The fourth-order valence-corrected chi connectivity index (χ4v) is 2.26. The molecule has 1 rings (SSSR count). The lowest BCUT2D eigenvalue weighted by Crippen LogP contribution is -2.13. The van der Waals surface area contributed by atoms with Gasteiger partial charge in [-0.1, -0.05) is 26.7 Å². The minimum absolute atomic E-state index is 0.240. The van der Waals surface area contributed by atoms with Gasteiger partial charge < -0.3 is 0 Å². The van der Waals surface area contributed by atoms with E-state index < -0.39 is 0 Å². The second-order valence-electron chi connectivity index (χ2n) is 3.62. The molecule has 14 heavy (non-hydrogen) atoms. The van der Waals surface area contributed by atoms with Crippen LogP contribution in [0.15, 0.2) is 16.8 Å². The summed E-state index contributed by atoms with van der Waals surface area (Å²) in [6.07, 6.45) is 4.35. The average molecular weight is 210 g/mol. The van der Waals surface area contributed by atoms with E-state index in [2.05, 4.69) is 13.8 Å². The second kappa shape index (κ2) is 5.97. The molecule has 1 unspecified atom stereocenters. The molecule has 1 nitrogen and oxygen atoms in total. The van der Waals surface area contributed by atoms with E-state index in [4.69, 9.17) is 0 Å². The molecule has 0 saturated carbocycles. The Morgan fingerprint density at radius 1 is 1.50 bits per heavy atom. The Labute approximate surface area is 90.2 Å². The summed E-state index contributed by atoms with van der Waals surface area (Å²) in [4.78, 5) is 11.9. The highest BCUT2D eigenvalue weighted by molar-refractivity contribution is 7.08. The van der Waals surface area contributed by atoms with Gasteiger partial charge in [0.1, 0.15) is 0 Å². The van der Waals surface area contributed by atoms with Gasteiger partial charge in [0.25, 0.3) is 0 Å². The predicted octanol–water partition coefficient (Wildman–Crippen LogP) is 4.15. The molecule has 0 aliphatic rings. The van der Waals surface area contributed by atoms with E-state index >= 15 is 0 Å². The van der Waals surface area contributed by atoms with E-state index in [1.807, 2.05) is 16.8 Å². The number of ketones is 1. The summed E-state index contributed by atoms with van der Waals surface area (Å²) in [5, 5.41) is 3.93. The fourth-order valence-electron chi connectivity index (χ4n) is 1.61. The number of unbranched alkanes of at least 4 members (excludes halogenated alkanes) is 1. The van der Waals surface area contributed by atoms with Crippen molar-refractivity contribution in [3.05, 3.63) is 22.4 Å². The van der Waals surface area contributed by atoms with E-state index in [9.17, 15) is 4.79 Å². The molecule has 0 fully saturated rings. The van der Waals surface area contributed by atoms with Gasteiger partial charge in [0.15, 0.2) is 5.78 Å². The minimum Gasteiger partial charge on any atom is -0.294 e. The zero-order valence-electron chi connectivity index (χ0n) is 8.95. The Morgan fingerprint density at radius 2 is 2.29 bits per heavy atom. The van der Waals surface area contributed by atoms with Crippen molar-refractivity contribution in [2.45, 2.75) is 39.5 Å². The molecular weight excluding hydrogens is 192 g/mol. The molecule has 1 aromatic rings. The van der Waals surface area contributed by atoms with Crippen molar-refractivity contribution < 1.29 is 4.79 Å². The number of hydrogen-bond donors (Lipinski definition) is 0. The number of Topliss-reactive ketones (excluding diaryl/α,β-unsaturated/α-hetero) is 1. The highest BCUT2D eigenvalue weighted by atomic mass is 32.1. The van der Waals surface area contributed by atoms with Gasteiger partial charge in [0.2, 0.25) is 0 Å². The van der Waals surface area contributed by atoms with Crippen LogP contribution in [-0.2, 0) is 0 Å². The molecule has 1 heterocycles. The first-order valence-electron chi connectivity index (χ1n) is 5.36. The standard InChI is InChI=1S/C12H18OS/c1-3-5-6-10(4-2)12(13)11-7-8-14-9-11/h7-10H,3-6H2,1-2H3. The van der Waals surface area contributed by atoms with Gasteiger partial charge in [-0.15, -0.1) is 0 Å². The summed E-state index contributed by atoms with van der Waals surface area (Å²) in [5.41, 5.74) is 0.901. The third-order valence-electron chi connectivity index (χ3n) is 2.58. The lowest BCUT2D eigenvalue weighted by molar-refractivity contribution is 0.0908. The van der Waals surface area contributed by atoms with Crippen LogP contribution in [0, 0.1) is 5.92 Å². The van der Waals surface area contributed by atoms with Crippen molar-refractivity contribution in [3.63, 3.8) is 0 Å². The molecule has 0 amide bonds. The van der Waals surface area contributed by atoms with Gasteiger partial charge in [0.05, 0.1) is 0 Å². The number of carbonyl (C=O) groups is 1. The molecule has 0 spiro atoms. The maximum Gasteiger partial charge on any atom is 0.166 e. The van der Waals surface area contributed by atoms with E-state index in [-0.39, 0.29) is 5.92 Å². The van der Waals surface area contributed by atoms with Gasteiger partial charge in [-0.2, -0.15) is 11.3 Å². The third-order valence-corrected chi connectivity index (χ3v) is 3.26. The minimum atomic E-state index is 0.240. The summed E-state index contributed by atoms with van der Waals surface area (Å²) >= 11 is 1.60. The van der Waals surface area contributed by atoms with E-state index in [1.165, 1.54) is 6.42 Å². The average Bonchev–Trinajstić information content (AvgIpc) is 2.71.